The summed E-state index contributed by atoms with van der Waals surface area (Å²) in [4.78, 5) is 16.1. The first-order valence-corrected chi connectivity index (χ1v) is 7.00. The third-order valence-electron chi connectivity index (χ3n) is 2.54. The van der Waals surface area contributed by atoms with Crippen LogP contribution in [0.1, 0.15) is 20.1 Å². The zero-order valence-corrected chi connectivity index (χ0v) is 12.0. The van der Waals surface area contributed by atoms with Crippen LogP contribution in [-0.2, 0) is 13.1 Å². The van der Waals surface area contributed by atoms with Crippen molar-refractivity contribution < 1.29 is 4.79 Å². The van der Waals surface area contributed by atoms with Gasteiger partial charge in [0, 0.05) is 21.4 Å². The third kappa shape index (κ3) is 3.99. The van der Waals surface area contributed by atoms with Crippen LogP contribution in [0.3, 0.4) is 0 Å². The van der Waals surface area contributed by atoms with E-state index in [1.54, 1.807) is 24.3 Å². The van der Waals surface area contributed by atoms with Crippen LogP contribution < -0.4 is 5.32 Å². The van der Waals surface area contributed by atoms with Gasteiger partial charge in [0.1, 0.15) is 0 Å². The van der Waals surface area contributed by atoms with E-state index in [4.69, 9.17) is 17.1 Å². The Morgan fingerprint density at radius 1 is 1.30 bits per heavy atom. The zero-order valence-electron chi connectivity index (χ0n) is 10.4. The van der Waals surface area contributed by atoms with E-state index in [1.165, 1.54) is 11.3 Å². The highest BCUT2D eigenvalue weighted by Gasteiger charge is 2.08. The summed E-state index contributed by atoms with van der Waals surface area (Å²) in [6.07, 6.45) is 0. The van der Waals surface area contributed by atoms with E-state index >= 15 is 0 Å². The summed E-state index contributed by atoms with van der Waals surface area (Å²) in [5, 5.41) is 6.96. The Kier molecular flexibility index (Phi) is 5.01. The molecule has 102 valence electrons. The zero-order chi connectivity index (χ0) is 14.4. The summed E-state index contributed by atoms with van der Waals surface area (Å²) in [5.74, 6) is -0.142. The molecular weight excluding hydrogens is 296 g/mol. The molecule has 0 aliphatic carbocycles. The highest BCUT2D eigenvalue weighted by molar-refractivity contribution is 7.14. The van der Waals surface area contributed by atoms with Gasteiger partial charge in [-0.15, -0.1) is 11.3 Å². The number of nitrogens with one attached hydrogen (secondary N) is 1. The number of benzene rings is 1. The molecule has 0 aliphatic heterocycles. The number of carbonyl (C=O) groups excluding carboxylic acids is 1. The summed E-state index contributed by atoms with van der Waals surface area (Å²) in [7, 11) is 0. The number of amides is 1. The number of carbonyl (C=O) groups is 1. The Morgan fingerprint density at radius 3 is 2.75 bits per heavy atom. The molecule has 7 heteroatoms. The van der Waals surface area contributed by atoms with Crippen molar-refractivity contribution in [2.45, 2.75) is 13.1 Å². The van der Waals surface area contributed by atoms with E-state index < -0.39 is 0 Å². The van der Waals surface area contributed by atoms with E-state index in [0.29, 0.717) is 16.4 Å². The quantitative estimate of drug-likeness (QED) is 0.503. The monoisotopic (exact) mass is 306 g/mol. The Balaban J connectivity index is 1.92. The molecule has 0 atom stereocenters. The number of nitrogens with zero attached hydrogens (tertiary/aromatic N) is 3. The molecule has 20 heavy (non-hydrogen) atoms. The molecule has 1 aromatic heterocycles. The lowest BCUT2D eigenvalue weighted by Crippen LogP contribution is -2.21. The average Bonchev–Trinajstić information content (AvgIpc) is 2.93. The standard InChI is InChI=1S/C13H11ClN4OS/c14-10-3-1-9(2-4-10)7-16-13(19)12-6-5-11(20-12)8-17-18-15/h1-6H,7-8H2,(H,16,19). The van der Waals surface area contributed by atoms with Crippen molar-refractivity contribution >= 4 is 28.8 Å². The summed E-state index contributed by atoms with van der Waals surface area (Å²) in [6, 6.07) is 10.8. The van der Waals surface area contributed by atoms with Crippen molar-refractivity contribution in [3.63, 3.8) is 0 Å². The van der Waals surface area contributed by atoms with Crippen LogP contribution in [-0.4, -0.2) is 5.91 Å². The van der Waals surface area contributed by atoms with Crippen molar-refractivity contribution in [3.8, 4) is 0 Å². The van der Waals surface area contributed by atoms with Gasteiger partial charge in [-0.05, 0) is 35.4 Å². The lowest BCUT2D eigenvalue weighted by atomic mass is 10.2. The van der Waals surface area contributed by atoms with Crippen LogP contribution >= 0.6 is 22.9 Å². The molecule has 1 heterocycles. The molecule has 0 unspecified atom stereocenters. The van der Waals surface area contributed by atoms with Gasteiger partial charge in [-0.1, -0.05) is 28.8 Å². The van der Waals surface area contributed by atoms with Gasteiger partial charge in [0.25, 0.3) is 5.91 Å². The van der Waals surface area contributed by atoms with Gasteiger partial charge in [0.05, 0.1) is 11.4 Å². The lowest BCUT2D eigenvalue weighted by Gasteiger charge is -2.03. The normalized spacial score (nSPS) is 9.85. The maximum absolute atomic E-state index is 11.9. The first kappa shape index (κ1) is 14.4. The molecule has 5 nitrogen and oxygen atoms in total. The average molecular weight is 307 g/mol. The molecule has 1 aromatic carbocycles. The first-order valence-electron chi connectivity index (χ1n) is 5.81. The predicted molar refractivity (Wildman–Crippen MR) is 79.8 cm³/mol. The number of hydrogen-bond acceptors (Lipinski definition) is 3. The van der Waals surface area contributed by atoms with E-state index in [1.807, 2.05) is 12.1 Å². The molecule has 0 spiro atoms. The van der Waals surface area contributed by atoms with E-state index in [0.717, 1.165) is 10.4 Å². The molecule has 0 bridgehead atoms. The van der Waals surface area contributed by atoms with Gasteiger partial charge < -0.3 is 5.32 Å². The van der Waals surface area contributed by atoms with Crippen LogP contribution in [0.4, 0.5) is 0 Å². The Hall–Kier alpha value is -2.01. The maximum atomic E-state index is 11.9. The minimum Gasteiger partial charge on any atom is -0.347 e. The van der Waals surface area contributed by atoms with Crippen molar-refractivity contribution in [2.75, 3.05) is 0 Å². The number of azide groups is 1. The fraction of sp³-hybridized carbons (Fsp3) is 0.154. The Labute approximate surface area is 124 Å². The topological polar surface area (TPSA) is 77.9 Å². The van der Waals surface area contributed by atoms with Crippen molar-refractivity contribution in [2.24, 2.45) is 5.11 Å². The Bertz CT molecular complexity index is 647. The van der Waals surface area contributed by atoms with Crippen molar-refractivity contribution in [1.29, 1.82) is 0 Å². The molecule has 0 saturated carbocycles. The number of halogens is 1. The second-order valence-electron chi connectivity index (χ2n) is 3.96. The fourth-order valence-electron chi connectivity index (χ4n) is 1.56. The molecule has 1 amide bonds. The molecule has 0 saturated heterocycles. The summed E-state index contributed by atoms with van der Waals surface area (Å²) >= 11 is 7.12. The van der Waals surface area contributed by atoms with Gasteiger partial charge in [0.15, 0.2) is 0 Å². The fourth-order valence-corrected chi connectivity index (χ4v) is 2.53. The number of rotatable bonds is 5. The van der Waals surface area contributed by atoms with Gasteiger partial charge in [0.2, 0.25) is 0 Å². The predicted octanol–water partition coefficient (Wildman–Crippen LogP) is 4.14. The lowest BCUT2D eigenvalue weighted by molar-refractivity contribution is 0.0955. The molecule has 1 N–H and O–H groups in total. The maximum Gasteiger partial charge on any atom is 0.261 e. The molecule has 2 rings (SSSR count). The smallest absolute Gasteiger partial charge is 0.261 e. The molecule has 2 aromatic rings. The second-order valence-corrected chi connectivity index (χ2v) is 5.57. The van der Waals surface area contributed by atoms with E-state index in [2.05, 4.69) is 15.3 Å². The largest absolute Gasteiger partial charge is 0.347 e. The van der Waals surface area contributed by atoms with E-state index in [9.17, 15) is 4.79 Å². The Morgan fingerprint density at radius 2 is 2.05 bits per heavy atom. The van der Waals surface area contributed by atoms with Crippen LogP contribution in [0.25, 0.3) is 10.4 Å². The van der Waals surface area contributed by atoms with Crippen molar-refractivity contribution in [1.82, 2.24) is 5.32 Å². The molecule has 0 radical (unpaired) electrons. The number of thiophene rings is 1. The highest BCUT2D eigenvalue weighted by atomic mass is 35.5. The molecular formula is C13H11ClN4OS. The van der Waals surface area contributed by atoms with Gasteiger partial charge in [-0.3, -0.25) is 4.79 Å². The summed E-state index contributed by atoms with van der Waals surface area (Å²) in [5.41, 5.74) is 9.23. The van der Waals surface area contributed by atoms with Gasteiger partial charge >= 0.3 is 0 Å². The third-order valence-corrected chi connectivity index (χ3v) is 3.86. The van der Waals surface area contributed by atoms with Crippen LogP contribution in [0.15, 0.2) is 41.5 Å². The van der Waals surface area contributed by atoms with Gasteiger partial charge in [-0.2, -0.15) is 0 Å². The van der Waals surface area contributed by atoms with Crippen molar-refractivity contribution in [3.05, 3.63) is 67.2 Å². The summed E-state index contributed by atoms with van der Waals surface area (Å²) in [6.45, 7) is 0.714. The minimum absolute atomic E-state index is 0.142. The SMILES string of the molecule is [N-]=[N+]=NCc1ccc(C(=O)NCc2ccc(Cl)cc2)s1. The van der Waals surface area contributed by atoms with Crippen LogP contribution in [0.5, 0.6) is 0 Å². The summed E-state index contributed by atoms with van der Waals surface area (Å²) < 4.78 is 0. The molecule has 0 aliphatic rings. The second kappa shape index (κ2) is 6.96. The van der Waals surface area contributed by atoms with Crippen LogP contribution in [0.2, 0.25) is 5.02 Å². The van der Waals surface area contributed by atoms with E-state index in [-0.39, 0.29) is 12.5 Å². The first-order chi connectivity index (χ1) is 9.69. The number of hydrogen-bond donors (Lipinski definition) is 1. The minimum atomic E-state index is -0.142. The highest BCUT2D eigenvalue weighted by Crippen LogP contribution is 2.17. The van der Waals surface area contributed by atoms with Crippen LogP contribution in [0, 0.1) is 0 Å². The van der Waals surface area contributed by atoms with Gasteiger partial charge in [-0.25, -0.2) is 0 Å². The molecule has 0 fully saturated rings.